The molecule has 1 aromatic rings. The van der Waals surface area contributed by atoms with Crippen molar-refractivity contribution in [2.75, 3.05) is 6.54 Å². The molecule has 1 N–H and O–H groups in total. The molecule has 2 aliphatic carbocycles. The van der Waals surface area contributed by atoms with Crippen LogP contribution in [-0.2, 0) is 11.3 Å². The Morgan fingerprint density at radius 2 is 2.00 bits per heavy atom. The van der Waals surface area contributed by atoms with Crippen LogP contribution in [0.5, 0.6) is 0 Å². The summed E-state index contributed by atoms with van der Waals surface area (Å²) >= 11 is 3.53. The van der Waals surface area contributed by atoms with Gasteiger partial charge in [0, 0.05) is 17.1 Å². The van der Waals surface area contributed by atoms with Gasteiger partial charge in [0.2, 0.25) is 0 Å². The monoisotopic (exact) mass is 337 g/mol. The van der Waals surface area contributed by atoms with Gasteiger partial charge in [-0.05, 0) is 43.4 Å². The molecule has 110 valence electrons. The van der Waals surface area contributed by atoms with Gasteiger partial charge in [-0.15, -0.1) is 0 Å². The number of hydrogen-bond donors (Lipinski definition) is 1. The number of rotatable bonds is 6. The van der Waals surface area contributed by atoms with Crippen LogP contribution in [0.15, 0.2) is 28.7 Å². The van der Waals surface area contributed by atoms with Crippen LogP contribution in [0.25, 0.3) is 0 Å². The first kappa shape index (κ1) is 14.6. The highest BCUT2D eigenvalue weighted by Gasteiger charge is 2.34. The van der Waals surface area contributed by atoms with Crippen molar-refractivity contribution in [1.82, 2.24) is 5.32 Å². The highest BCUT2D eigenvalue weighted by Crippen LogP contribution is 2.33. The fourth-order valence-electron chi connectivity index (χ4n) is 3.05. The van der Waals surface area contributed by atoms with E-state index in [4.69, 9.17) is 4.74 Å². The maximum absolute atomic E-state index is 6.41. The lowest BCUT2D eigenvalue weighted by atomic mass is 9.84. The van der Waals surface area contributed by atoms with Crippen molar-refractivity contribution >= 4 is 15.9 Å². The van der Waals surface area contributed by atoms with E-state index in [9.17, 15) is 0 Å². The lowest BCUT2D eigenvalue weighted by Gasteiger charge is -2.37. The van der Waals surface area contributed by atoms with Gasteiger partial charge in [-0.25, -0.2) is 0 Å². The number of ether oxygens (including phenoxy) is 1. The van der Waals surface area contributed by atoms with Gasteiger partial charge >= 0.3 is 0 Å². The highest BCUT2D eigenvalue weighted by molar-refractivity contribution is 9.10. The summed E-state index contributed by atoms with van der Waals surface area (Å²) in [5, 5.41) is 3.68. The predicted molar refractivity (Wildman–Crippen MR) is 85.8 cm³/mol. The SMILES string of the molecule is Brc1cccc(COC2(CNC3CC3)CCCCC2)c1. The van der Waals surface area contributed by atoms with E-state index in [1.807, 2.05) is 0 Å². The standard InChI is InChI=1S/C17H24BrNO/c18-15-6-4-5-14(11-15)12-20-17(9-2-1-3-10-17)13-19-16-7-8-16/h4-6,11,16,19H,1-3,7-10,12-13H2. The summed E-state index contributed by atoms with van der Waals surface area (Å²) in [5.41, 5.74) is 1.33. The van der Waals surface area contributed by atoms with Crippen LogP contribution in [0.4, 0.5) is 0 Å². The molecule has 0 saturated heterocycles. The lowest BCUT2D eigenvalue weighted by molar-refractivity contribution is -0.0787. The highest BCUT2D eigenvalue weighted by atomic mass is 79.9. The molecular weight excluding hydrogens is 314 g/mol. The summed E-state index contributed by atoms with van der Waals surface area (Å²) in [6.45, 7) is 1.76. The van der Waals surface area contributed by atoms with Crippen molar-refractivity contribution in [2.45, 2.75) is 63.2 Å². The Hall–Kier alpha value is -0.380. The average molecular weight is 338 g/mol. The Bertz CT molecular complexity index is 438. The normalized spacial score (nSPS) is 21.9. The van der Waals surface area contributed by atoms with Crippen molar-refractivity contribution in [1.29, 1.82) is 0 Å². The molecule has 0 spiro atoms. The summed E-state index contributed by atoms with van der Waals surface area (Å²) in [6.07, 6.45) is 9.10. The number of nitrogens with one attached hydrogen (secondary N) is 1. The van der Waals surface area contributed by atoms with E-state index in [1.54, 1.807) is 0 Å². The molecule has 2 aliphatic rings. The van der Waals surface area contributed by atoms with Gasteiger partial charge in [0.1, 0.15) is 0 Å². The smallest absolute Gasteiger partial charge is 0.0810 e. The first-order chi connectivity index (χ1) is 9.76. The van der Waals surface area contributed by atoms with Gasteiger partial charge in [-0.3, -0.25) is 0 Å². The maximum atomic E-state index is 6.41. The summed E-state index contributed by atoms with van der Waals surface area (Å²) in [4.78, 5) is 0. The Labute approximate surface area is 130 Å². The van der Waals surface area contributed by atoms with E-state index in [-0.39, 0.29) is 5.60 Å². The fourth-order valence-corrected chi connectivity index (χ4v) is 3.50. The van der Waals surface area contributed by atoms with Crippen LogP contribution >= 0.6 is 15.9 Å². The molecule has 2 nitrogen and oxygen atoms in total. The van der Waals surface area contributed by atoms with Crippen molar-refractivity contribution in [3.05, 3.63) is 34.3 Å². The molecule has 3 rings (SSSR count). The summed E-state index contributed by atoms with van der Waals surface area (Å²) in [5.74, 6) is 0. The minimum absolute atomic E-state index is 0.0726. The Balaban J connectivity index is 1.59. The number of halogens is 1. The molecular formula is C17H24BrNO. The van der Waals surface area contributed by atoms with E-state index < -0.39 is 0 Å². The average Bonchev–Trinajstić information content (AvgIpc) is 3.29. The van der Waals surface area contributed by atoms with Gasteiger partial charge in [-0.2, -0.15) is 0 Å². The minimum Gasteiger partial charge on any atom is -0.369 e. The van der Waals surface area contributed by atoms with E-state index >= 15 is 0 Å². The molecule has 2 saturated carbocycles. The Morgan fingerprint density at radius 3 is 2.70 bits per heavy atom. The zero-order valence-corrected chi connectivity index (χ0v) is 13.6. The third-order valence-corrected chi connectivity index (χ3v) is 4.98. The number of hydrogen-bond acceptors (Lipinski definition) is 2. The van der Waals surface area contributed by atoms with Gasteiger partial charge in [0.15, 0.2) is 0 Å². The van der Waals surface area contributed by atoms with Crippen molar-refractivity contribution < 1.29 is 4.74 Å². The third kappa shape index (κ3) is 4.06. The Morgan fingerprint density at radius 1 is 1.20 bits per heavy atom. The van der Waals surface area contributed by atoms with Crippen molar-refractivity contribution in [3.63, 3.8) is 0 Å². The fraction of sp³-hybridized carbons (Fsp3) is 0.647. The maximum Gasteiger partial charge on any atom is 0.0810 e. The van der Waals surface area contributed by atoms with Crippen LogP contribution in [0, 0.1) is 0 Å². The first-order valence-electron chi connectivity index (χ1n) is 7.88. The molecule has 2 fully saturated rings. The third-order valence-electron chi connectivity index (χ3n) is 4.49. The van der Waals surface area contributed by atoms with Gasteiger partial charge in [0.25, 0.3) is 0 Å². The van der Waals surface area contributed by atoms with Gasteiger partial charge < -0.3 is 10.1 Å². The topological polar surface area (TPSA) is 21.3 Å². The molecule has 0 aromatic heterocycles. The minimum atomic E-state index is 0.0726. The largest absolute Gasteiger partial charge is 0.369 e. The Kier molecular flexibility index (Phi) is 4.79. The molecule has 3 heteroatoms. The summed E-state index contributed by atoms with van der Waals surface area (Å²) in [6, 6.07) is 9.22. The molecule has 0 atom stereocenters. The van der Waals surface area contributed by atoms with Crippen LogP contribution in [0.3, 0.4) is 0 Å². The molecule has 0 amide bonds. The predicted octanol–water partition coefficient (Wildman–Crippen LogP) is 4.42. The second-order valence-electron chi connectivity index (χ2n) is 6.32. The first-order valence-corrected chi connectivity index (χ1v) is 8.67. The summed E-state index contributed by atoms with van der Waals surface area (Å²) < 4.78 is 7.54. The van der Waals surface area contributed by atoms with E-state index in [1.165, 1.54) is 50.5 Å². The molecule has 0 unspecified atom stereocenters. The quantitative estimate of drug-likeness (QED) is 0.829. The molecule has 0 bridgehead atoms. The van der Waals surface area contributed by atoms with Crippen molar-refractivity contribution in [2.24, 2.45) is 0 Å². The van der Waals surface area contributed by atoms with Gasteiger partial charge in [-0.1, -0.05) is 47.3 Å². The summed E-state index contributed by atoms with van der Waals surface area (Å²) in [7, 11) is 0. The van der Waals surface area contributed by atoms with Crippen molar-refractivity contribution in [3.8, 4) is 0 Å². The second kappa shape index (κ2) is 6.59. The van der Waals surface area contributed by atoms with Crippen LogP contribution < -0.4 is 5.32 Å². The molecule has 1 aromatic carbocycles. The molecule has 0 radical (unpaired) electrons. The zero-order valence-electron chi connectivity index (χ0n) is 12.0. The van der Waals surface area contributed by atoms with E-state index in [0.717, 1.165) is 23.7 Å². The molecule has 0 heterocycles. The lowest BCUT2D eigenvalue weighted by Crippen LogP contribution is -2.45. The second-order valence-corrected chi connectivity index (χ2v) is 7.23. The van der Waals surface area contributed by atoms with Crippen LogP contribution in [-0.4, -0.2) is 18.2 Å². The zero-order chi connectivity index (χ0) is 13.8. The van der Waals surface area contributed by atoms with Gasteiger partial charge in [0.05, 0.1) is 12.2 Å². The number of benzene rings is 1. The van der Waals surface area contributed by atoms with Crippen LogP contribution in [0.1, 0.15) is 50.5 Å². The molecule has 20 heavy (non-hydrogen) atoms. The van der Waals surface area contributed by atoms with E-state index in [2.05, 4.69) is 45.5 Å². The van der Waals surface area contributed by atoms with E-state index in [0.29, 0.717) is 0 Å². The molecule has 0 aliphatic heterocycles. The van der Waals surface area contributed by atoms with Crippen LogP contribution in [0.2, 0.25) is 0 Å².